The van der Waals surface area contributed by atoms with Gasteiger partial charge in [-0.15, -0.1) is 0 Å². The van der Waals surface area contributed by atoms with Crippen LogP contribution in [0.2, 0.25) is 0 Å². The van der Waals surface area contributed by atoms with Crippen LogP contribution < -0.4 is 19.6 Å². The van der Waals surface area contributed by atoms with Gasteiger partial charge in [0.1, 0.15) is 0 Å². The highest BCUT2D eigenvalue weighted by atomic mass is 15.2. The highest BCUT2D eigenvalue weighted by molar-refractivity contribution is 6.03. The van der Waals surface area contributed by atoms with Gasteiger partial charge in [0, 0.05) is 78.5 Å². The van der Waals surface area contributed by atoms with E-state index in [0.29, 0.717) is 0 Å². The van der Waals surface area contributed by atoms with E-state index in [-0.39, 0.29) is 10.8 Å². The Morgan fingerprint density at radius 1 is 0.286 bits per heavy atom. The Balaban J connectivity index is 0.661. The summed E-state index contributed by atoms with van der Waals surface area (Å²) in [5, 5.41) is 9.45. The zero-order chi connectivity index (χ0) is 70.9. The minimum atomic E-state index is -0.303. The van der Waals surface area contributed by atoms with E-state index in [9.17, 15) is 0 Å². The molecule has 18 rings (SSSR count). The first-order chi connectivity index (χ1) is 51.4. The van der Waals surface area contributed by atoms with E-state index in [1.165, 1.54) is 82.2 Å². The van der Waals surface area contributed by atoms with Gasteiger partial charge in [-0.1, -0.05) is 271 Å². The van der Waals surface area contributed by atoms with Gasteiger partial charge in [-0.3, -0.25) is 0 Å². The van der Waals surface area contributed by atoms with E-state index in [2.05, 4.69) is 431 Å². The van der Waals surface area contributed by atoms with Gasteiger partial charge in [0.2, 0.25) is 0 Å². The van der Waals surface area contributed by atoms with Gasteiger partial charge in [0.05, 0.1) is 11.4 Å². The Hall–Kier alpha value is -13.0. The van der Waals surface area contributed by atoms with Crippen molar-refractivity contribution in [2.24, 2.45) is 0 Å². The molecule has 0 amide bonds. The first kappa shape index (κ1) is 64.1. The first-order valence-electron chi connectivity index (χ1n) is 36.5. The summed E-state index contributed by atoms with van der Waals surface area (Å²) in [6.07, 6.45) is 6.54. The summed E-state index contributed by atoms with van der Waals surface area (Å²) in [6.45, 7) is 16.6. The number of nitrogens with zero attached hydrogens (tertiary/aromatic N) is 4. The molecular formula is C101H78N4. The third kappa shape index (κ3) is 11.3. The lowest BCUT2D eigenvalue weighted by atomic mass is 9.72. The average Bonchev–Trinajstić information content (AvgIpc) is 1.53. The van der Waals surface area contributed by atoms with Crippen molar-refractivity contribution in [3.05, 3.63) is 410 Å². The maximum absolute atomic E-state index is 4.68. The molecule has 4 heteroatoms. The summed E-state index contributed by atoms with van der Waals surface area (Å²) in [5.74, 6) is 0. The number of benzene rings is 16. The van der Waals surface area contributed by atoms with E-state index in [1.807, 2.05) is 0 Å². The summed E-state index contributed by atoms with van der Waals surface area (Å²) < 4.78 is 0. The SMILES string of the molecule is C=C(/C=C\C(=C/C)N(c1ccc2ccccc2c1)c1cccc2ccccc12)c1ccc(N(c2ccc3ccc(-c4cccc(N(c5ccccc5)c5ccc6c(c5)C(C)(C)c5c-6ccc6c5C(C)(C)c5cc(N(c7ccccc7)c7ccccc7)ccc5-6)c4)cc3c2)c2cccc3ccccc23)cc1. The third-order valence-corrected chi connectivity index (χ3v) is 22.0. The number of para-hydroxylation sites is 3. The molecular weight excluding hydrogens is 1270 g/mol. The van der Waals surface area contributed by atoms with Crippen LogP contribution in [0.5, 0.6) is 0 Å². The maximum Gasteiger partial charge on any atom is 0.0540 e. The molecule has 502 valence electrons. The van der Waals surface area contributed by atoms with E-state index in [1.54, 1.807) is 0 Å². The van der Waals surface area contributed by atoms with E-state index in [4.69, 9.17) is 0 Å². The topological polar surface area (TPSA) is 13.0 Å². The van der Waals surface area contributed by atoms with Crippen LogP contribution in [0.25, 0.3) is 82.0 Å². The van der Waals surface area contributed by atoms with Gasteiger partial charge in [0.15, 0.2) is 0 Å². The molecule has 0 atom stereocenters. The Kier molecular flexibility index (Phi) is 15.9. The lowest BCUT2D eigenvalue weighted by Crippen LogP contribution is -2.24. The van der Waals surface area contributed by atoms with Gasteiger partial charge in [0.25, 0.3) is 0 Å². The van der Waals surface area contributed by atoms with E-state index < -0.39 is 0 Å². The standard InChI is InChI=1S/C101H78N4/c1-7-78(104(84-54-49-70-26-17-18-29-74(70)63-84)96-42-24-30-72-27-19-21-40-88(72)96)51-44-68(2)69-47-52-82(53-48-69)105(97-43-25-31-73-28-20-22-41-89(73)97)85-55-50-71-45-46-76(62-77(71)65-85)75-32-23-39-83(64-75)103(81-37-15-10-16-38-81)87-57-59-91-93-61-60-92-90-58-56-86(102(79-33-11-8-12-34-79)80-35-13-9-14-36-80)66-94(90)100(3,4)98(92)99(93)101(5,6)95(91)67-87/h7-67H,2H2,1,3-6H3/b51-44-,78-7+. The number of hydrogen-bond acceptors (Lipinski definition) is 4. The van der Waals surface area contributed by atoms with Crippen molar-refractivity contribution in [3.63, 3.8) is 0 Å². The predicted molar refractivity (Wildman–Crippen MR) is 448 cm³/mol. The first-order valence-corrected chi connectivity index (χ1v) is 36.5. The van der Waals surface area contributed by atoms with Crippen LogP contribution in [-0.4, -0.2) is 0 Å². The highest BCUT2D eigenvalue weighted by Crippen LogP contribution is 2.60. The lowest BCUT2D eigenvalue weighted by molar-refractivity contribution is 0.601. The number of hydrogen-bond donors (Lipinski definition) is 0. The zero-order valence-corrected chi connectivity index (χ0v) is 59.7. The quantitative estimate of drug-likeness (QED) is 0.0894. The predicted octanol–water partition coefficient (Wildman–Crippen LogP) is 28.3. The normalized spacial score (nSPS) is 13.2. The van der Waals surface area contributed by atoms with Crippen LogP contribution in [-0.2, 0) is 10.8 Å². The molecule has 0 radical (unpaired) electrons. The molecule has 0 fully saturated rings. The van der Waals surface area contributed by atoms with Crippen LogP contribution in [0.3, 0.4) is 0 Å². The van der Waals surface area contributed by atoms with Gasteiger partial charge >= 0.3 is 0 Å². The molecule has 16 aromatic carbocycles. The molecule has 0 saturated carbocycles. The molecule has 0 aromatic heterocycles. The molecule has 0 bridgehead atoms. The van der Waals surface area contributed by atoms with E-state index >= 15 is 0 Å². The van der Waals surface area contributed by atoms with Crippen molar-refractivity contribution in [2.75, 3.05) is 19.6 Å². The molecule has 0 spiro atoms. The number of anilines is 11. The van der Waals surface area contributed by atoms with Crippen molar-refractivity contribution in [1.29, 1.82) is 0 Å². The number of rotatable bonds is 16. The largest absolute Gasteiger partial charge is 0.310 e. The second-order valence-corrected chi connectivity index (χ2v) is 28.9. The van der Waals surface area contributed by atoms with Crippen LogP contribution in [0, 0.1) is 0 Å². The van der Waals surface area contributed by atoms with Gasteiger partial charge in [-0.05, 0) is 239 Å². The fourth-order valence-electron chi connectivity index (χ4n) is 16.9. The molecule has 2 aliphatic rings. The average molecular weight is 1350 g/mol. The monoisotopic (exact) mass is 1350 g/mol. The highest BCUT2D eigenvalue weighted by Gasteiger charge is 2.46. The second kappa shape index (κ2) is 26.1. The molecule has 105 heavy (non-hydrogen) atoms. The second-order valence-electron chi connectivity index (χ2n) is 28.9. The Bertz CT molecular complexity index is 6090. The summed E-state index contributed by atoms with van der Waals surface area (Å²) in [4.78, 5) is 9.59. The zero-order valence-electron chi connectivity index (χ0n) is 59.7. The lowest BCUT2D eigenvalue weighted by Gasteiger charge is -2.32. The van der Waals surface area contributed by atoms with Gasteiger partial charge < -0.3 is 19.6 Å². The summed E-state index contributed by atoms with van der Waals surface area (Å²) in [5.41, 5.74) is 27.6. The minimum absolute atomic E-state index is 0.269. The maximum atomic E-state index is 4.68. The summed E-state index contributed by atoms with van der Waals surface area (Å²) >= 11 is 0. The molecule has 0 heterocycles. The van der Waals surface area contributed by atoms with Crippen LogP contribution in [0.15, 0.2) is 382 Å². The summed E-state index contributed by atoms with van der Waals surface area (Å²) in [7, 11) is 0. The molecule has 4 nitrogen and oxygen atoms in total. The number of fused-ring (bicyclic) bond motifs is 11. The molecule has 0 N–H and O–H groups in total. The van der Waals surface area contributed by atoms with Crippen molar-refractivity contribution < 1.29 is 0 Å². The van der Waals surface area contributed by atoms with Crippen molar-refractivity contribution in [3.8, 4) is 33.4 Å². The fourth-order valence-corrected chi connectivity index (χ4v) is 16.9. The molecule has 0 saturated heterocycles. The summed E-state index contributed by atoms with van der Waals surface area (Å²) in [6, 6.07) is 129. The number of allylic oxidation sites excluding steroid dienone is 4. The smallest absolute Gasteiger partial charge is 0.0540 e. The van der Waals surface area contributed by atoms with Gasteiger partial charge in [-0.25, -0.2) is 0 Å². The Labute approximate surface area is 615 Å². The molecule has 0 aliphatic heterocycles. The van der Waals surface area contributed by atoms with Crippen LogP contribution in [0.4, 0.5) is 62.6 Å². The van der Waals surface area contributed by atoms with Gasteiger partial charge in [-0.2, -0.15) is 0 Å². The molecule has 2 aliphatic carbocycles. The van der Waals surface area contributed by atoms with Crippen molar-refractivity contribution >= 4 is 111 Å². The molecule has 0 unspecified atom stereocenters. The Morgan fingerprint density at radius 3 is 1.28 bits per heavy atom. The molecule has 16 aromatic rings. The fraction of sp³-hybridized carbons (Fsp3) is 0.0693. The van der Waals surface area contributed by atoms with E-state index in [0.717, 1.165) is 95.9 Å². The van der Waals surface area contributed by atoms with Crippen molar-refractivity contribution in [2.45, 2.75) is 45.4 Å². The minimum Gasteiger partial charge on any atom is -0.310 e. The van der Waals surface area contributed by atoms with Crippen LogP contribution >= 0.6 is 0 Å². The Morgan fingerprint density at radius 2 is 0.686 bits per heavy atom. The third-order valence-electron chi connectivity index (χ3n) is 22.0. The van der Waals surface area contributed by atoms with Crippen LogP contribution in [0.1, 0.15) is 62.4 Å². The van der Waals surface area contributed by atoms with Crippen molar-refractivity contribution in [1.82, 2.24) is 0 Å².